The summed E-state index contributed by atoms with van der Waals surface area (Å²) in [6.07, 6.45) is -0.0189. The molecule has 0 aliphatic carbocycles. The van der Waals surface area contributed by atoms with Crippen LogP contribution in [0.4, 0.5) is 0 Å². The maximum atomic E-state index is 13.3. The number of ether oxygens (including phenoxy) is 6. The second-order valence-corrected chi connectivity index (χ2v) is 7.16. The molecule has 0 spiro atoms. The maximum absolute atomic E-state index is 13.3. The zero-order chi connectivity index (χ0) is 23.4. The molecule has 0 unspecified atom stereocenters. The first-order valence-electron chi connectivity index (χ1n) is 9.98. The monoisotopic (exact) mass is 443 g/mol. The summed E-state index contributed by atoms with van der Waals surface area (Å²) in [6, 6.07) is 9.17. The lowest BCUT2D eigenvalue weighted by Gasteiger charge is -2.20. The van der Waals surface area contributed by atoms with Crippen molar-refractivity contribution in [2.24, 2.45) is 7.05 Å². The summed E-state index contributed by atoms with van der Waals surface area (Å²) in [6.45, 7) is 0. The number of methoxy groups -OCH3 is 6. The van der Waals surface area contributed by atoms with Crippen molar-refractivity contribution in [3.05, 3.63) is 46.2 Å². The third kappa shape index (κ3) is 4.24. The molecule has 3 aromatic rings. The van der Waals surface area contributed by atoms with Crippen molar-refractivity contribution in [1.82, 2.24) is 4.57 Å². The van der Waals surface area contributed by atoms with Gasteiger partial charge in [0.15, 0.2) is 29.3 Å². The summed E-state index contributed by atoms with van der Waals surface area (Å²) in [5.74, 6) is 2.18. The lowest BCUT2D eigenvalue weighted by Crippen LogP contribution is -2.20. The molecule has 0 aliphatic rings. The summed E-state index contributed by atoms with van der Waals surface area (Å²) >= 11 is 0. The van der Waals surface area contributed by atoms with Crippen molar-refractivity contribution in [2.45, 2.75) is 12.7 Å². The quantitative estimate of drug-likeness (QED) is 0.469. The number of aromatic nitrogens is 1. The zero-order valence-corrected chi connectivity index (χ0v) is 19.5. The molecule has 32 heavy (non-hydrogen) atoms. The van der Waals surface area contributed by atoms with E-state index in [1.807, 2.05) is 18.2 Å². The van der Waals surface area contributed by atoms with Crippen molar-refractivity contribution < 1.29 is 28.4 Å². The van der Waals surface area contributed by atoms with Crippen LogP contribution in [0.1, 0.15) is 5.56 Å². The van der Waals surface area contributed by atoms with Crippen molar-refractivity contribution >= 4 is 10.8 Å². The Morgan fingerprint density at radius 2 is 1.28 bits per heavy atom. The molecule has 0 radical (unpaired) electrons. The highest BCUT2D eigenvalue weighted by Gasteiger charge is 2.20. The average molecular weight is 443 g/mol. The third-order valence-electron chi connectivity index (χ3n) is 5.54. The van der Waals surface area contributed by atoms with Crippen LogP contribution in [0.15, 0.2) is 35.1 Å². The molecule has 3 rings (SSSR count). The van der Waals surface area contributed by atoms with E-state index < -0.39 is 6.29 Å². The first-order chi connectivity index (χ1) is 15.4. The Morgan fingerprint density at radius 3 is 1.84 bits per heavy atom. The van der Waals surface area contributed by atoms with Crippen LogP contribution < -0.4 is 24.5 Å². The van der Waals surface area contributed by atoms with Crippen molar-refractivity contribution in [3.63, 3.8) is 0 Å². The lowest BCUT2D eigenvalue weighted by atomic mass is 9.98. The summed E-state index contributed by atoms with van der Waals surface area (Å²) in [4.78, 5) is 13.3. The number of nitrogens with zero attached hydrogens (tertiary/aromatic N) is 1. The topological polar surface area (TPSA) is 77.4 Å². The second kappa shape index (κ2) is 9.93. The van der Waals surface area contributed by atoms with Gasteiger partial charge in [-0.25, -0.2) is 0 Å². The largest absolute Gasteiger partial charge is 0.493 e. The van der Waals surface area contributed by atoms with Gasteiger partial charge in [-0.2, -0.15) is 0 Å². The molecule has 0 N–H and O–H groups in total. The molecular weight excluding hydrogens is 414 g/mol. The van der Waals surface area contributed by atoms with Gasteiger partial charge in [0.1, 0.15) is 0 Å². The number of pyridine rings is 1. The molecule has 2 aromatic carbocycles. The van der Waals surface area contributed by atoms with Crippen LogP contribution in [0.25, 0.3) is 22.0 Å². The maximum Gasteiger partial charge on any atom is 0.258 e. The molecular formula is C24H29NO7. The molecule has 8 nitrogen and oxygen atoms in total. The Balaban J connectivity index is 2.32. The molecule has 172 valence electrons. The van der Waals surface area contributed by atoms with E-state index in [0.717, 1.165) is 16.5 Å². The van der Waals surface area contributed by atoms with E-state index in [2.05, 4.69) is 0 Å². The van der Waals surface area contributed by atoms with Gasteiger partial charge in [-0.15, -0.1) is 0 Å². The number of fused-ring (bicyclic) bond motifs is 1. The normalized spacial score (nSPS) is 11.1. The van der Waals surface area contributed by atoms with Crippen LogP contribution in [0.2, 0.25) is 0 Å². The molecule has 0 atom stereocenters. The molecule has 0 fully saturated rings. The summed E-state index contributed by atoms with van der Waals surface area (Å²) < 4.78 is 34.2. The Bertz CT molecular complexity index is 1170. The van der Waals surface area contributed by atoms with E-state index in [1.165, 1.54) is 0 Å². The van der Waals surface area contributed by atoms with E-state index in [9.17, 15) is 4.79 Å². The molecule has 0 saturated heterocycles. The van der Waals surface area contributed by atoms with Crippen LogP contribution >= 0.6 is 0 Å². The third-order valence-corrected chi connectivity index (χ3v) is 5.54. The Hall–Kier alpha value is -3.23. The fourth-order valence-corrected chi connectivity index (χ4v) is 3.76. The van der Waals surface area contributed by atoms with Crippen LogP contribution in [-0.4, -0.2) is 53.5 Å². The van der Waals surface area contributed by atoms with Gasteiger partial charge in [0, 0.05) is 33.3 Å². The fourth-order valence-electron chi connectivity index (χ4n) is 3.76. The van der Waals surface area contributed by atoms with Crippen LogP contribution in [0.5, 0.6) is 23.0 Å². The minimum atomic E-state index is -0.464. The number of benzene rings is 2. The second-order valence-electron chi connectivity index (χ2n) is 7.16. The molecule has 0 saturated carbocycles. The lowest BCUT2D eigenvalue weighted by molar-refractivity contribution is -0.100. The van der Waals surface area contributed by atoms with E-state index >= 15 is 0 Å². The SMILES string of the molecule is COc1cc(CC(OC)OC)c(-c2cc3cc(OC)c(OC)cc3c(=O)n2C)cc1OC. The van der Waals surface area contributed by atoms with Gasteiger partial charge in [-0.1, -0.05) is 0 Å². The molecule has 0 amide bonds. The Morgan fingerprint density at radius 1 is 0.750 bits per heavy atom. The predicted octanol–water partition coefficient (Wildman–Crippen LogP) is 3.40. The van der Waals surface area contributed by atoms with Crippen LogP contribution in [-0.2, 0) is 22.9 Å². The van der Waals surface area contributed by atoms with Gasteiger partial charge in [0.2, 0.25) is 0 Å². The highest BCUT2D eigenvalue weighted by molar-refractivity contribution is 5.89. The minimum Gasteiger partial charge on any atom is -0.493 e. The van der Waals surface area contributed by atoms with Gasteiger partial charge in [-0.3, -0.25) is 4.79 Å². The Kier molecular flexibility index (Phi) is 7.27. The first-order valence-corrected chi connectivity index (χ1v) is 9.98. The number of hydrogen-bond acceptors (Lipinski definition) is 7. The Labute approximate surface area is 187 Å². The highest BCUT2D eigenvalue weighted by atomic mass is 16.7. The minimum absolute atomic E-state index is 0.158. The molecule has 1 aromatic heterocycles. The van der Waals surface area contributed by atoms with Gasteiger partial charge in [0.25, 0.3) is 5.56 Å². The van der Waals surface area contributed by atoms with Crippen molar-refractivity contribution in [3.8, 4) is 34.3 Å². The fraction of sp³-hybridized carbons (Fsp3) is 0.375. The summed E-state index contributed by atoms with van der Waals surface area (Å²) in [5.41, 5.74) is 2.23. The van der Waals surface area contributed by atoms with E-state index in [-0.39, 0.29) is 5.56 Å². The smallest absolute Gasteiger partial charge is 0.258 e. The van der Waals surface area contributed by atoms with E-state index in [0.29, 0.717) is 40.5 Å². The van der Waals surface area contributed by atoms with Gasteiger partial charge in [-0.05, 0) is 41.3 Å². The predicted molar refractivity (Wildman–Crippen MR) is 122 cm³/mol. The van der Waals surface area contributed by atoms with E-state index in [1.54, 1.807) is 66.4 Å². The van der Waals surface area contributed by atoms with Crippen molar-refractivity contribution in [2.75, 3.05) is 42.7 Å². The van der Waals surface area contributed by atoms with Gasteiger partial charge >= 0.3 is 0 Å². The molecule has 0 aliphatic heterocycles. The average Bonchev–Trinajstić information content (AvgIpc) is 2.83. The summed E-state index contributed by atoms with van der Waals surface area (Å²) in [7, 11) is 11.2. The van der Waals surface area contributed by atoms with Crippen LogP contribution in [0, 0.1) is 0 Å². The molecule has 1 heterocycles. The first kappa shape index (κ1) is 23.4. The number of rotatable bonds is 9. The zero-order valence-electron chi connectivity index (χ0n) is 19.5. The standard InChI is InChI=1S/C24H29NO7/c1-25-18(8-14-9-19(27-2)22(30-5)13-17(14)24(25)26)16-12-21(29-4)20(28-3)10-15(16)11-23(31-6)32-7/h8-10,12-13,23H,11H2,1-7H3. The van der Waals surface area contributed by atoms with Gasteiger partial charge in [0.05, 0.1) is 39.5 Å². The number of hydrogen-bond donors (Lipinski definition) is 0. The molecule has 0 bridgehead atoms. The highest BCUT2D eigenvalue weighted by Crippen LogP contribution is 2.38. The van der Waals surface area contributed by atoms with Gasteiger partial charge < -0.3 is 33.0 Å². The van der Waals surface area contributed by atoms with Crippen LogP contribution in [0.3, 0.4) is 0 Å². The van der Waals surface area contributed by atoms with Crippen molar-refractivity contribution in [1.29, 1.82) is 0 Å². The van der Waals surface area contributed by atoms with E-state index in [4.69, 9.17) is 28.4 Å². The summed E-state index contributed by atoms with van der Waals surface area (Å²) in [5, 5.41) is 1.26. The molecule has 8 heteroatoms.